The molecule has 0 unspecified atom stereocenters. The van der Waals surface area contributed by atoms with Gasteiger partial charge in [-0.25, -0.2) is 0 Å². The summed E-state index contributed by atoms with van der Waals surface area (Å²) in [4.78, 5) is 0. The molecular weight excluding hydrogens is 258 g/mol. The van der Waals surface area contributed by atoms with Crippen LogP contribution in [-0.2, 0) is 6.42 Å². The molecule has 0 fully saturated rings. The van der Waals surface area contributed by atoms with E-state index in [9.17, 15) is 0 Å². The second-order valence-corrected chi connectivity index (χ2v) is 7.50. The number of rotatable bonds is 9. The summed E-state index contributed by atoms with van der Waals surface area (Å²) < 4.78 is 5.68. The van der Waals surface area contributed by atoms with Crippen LogP contribution in [0.4, 0.5) is 0 Å². The van der Waals surface area contributed by atoms with Gasteiger partial charge < -0.3 is 10.1 Å². The Labute approximate surface area is 131 Å². The minimum atomic E-state index is 0.238. The molecular formula is C19H33NO. The van der Waals surface area contributed by atoms with Gasteiger partial charge in [-0.3, -0.25) is 0 Å². The Morgan fingerprint density at radius 3 is 2.19 bits per heavy atom. The number of benzene rings is 1. The average Bonchev–Trinajstić information content (AvgIpc) is 2.36. The fourth-order valence-corrected chi connectivity index (χ4v) is 2.28. The fraction of sp³-hybridized carbons (Fsp3) is 0.684. The maximum absolute atomic E-state index is 5.68. The average molecular weight is 291 g/mol. The first-order valence-corrected chi connectivity index (χ1v) is 8.25. The third-order valence-corrected chi connectivity index (χ3v) is 3.54. The number of ether oxygens (including phenoxy) is 1. The van der Waals surface area contributed by atoms with Crippen molar-refractivity contribution < 1.29 is 4.74 Å². The number of nitrogens with one attached hydrogen (secondary N) is 1. The third-order valence-electron chi connectivity index (χ3n) is 3.54. The van der Waals surface area contributed by atoms with Crippen LogP contribution in [0.25, 0.3) is 0 Å². The van der Waals surface area contributed by atoms with Gasteiger partial charge >= 0.3 is 0 Å². The van der Waals surface area contributed by atoms with E-state index >= 15 is 0 Å². The summed E-state index contributed by atoms with van der Waals surface area (Å²) in [6, 6.07) is 8.55. The molecule has 0 aliphatic heterocycles. The predicted molar refractivity (Wildman–Crippen MR) is 92.0 cm³/mol. The monoisotopic (exact) mass is 291 g/mol. The zero-order valence-corrected chi connectivity index (χ0v) is 14.7. The van der Waals surface area contributed by atoms with E-state index in [1.807, 2.05) is 0 Å². The van der Waals surface area contributed by atoms with Crippen molar-refractivity contribution in [1.82, 2.24) is 5.32 Å². The lowest BCUT2D eigenvalue weighted by Gasteiger charge is -2.25. The Balaban J connectivity index is 2.39. The molecule has 2 heteroatoms. The maximum atomic E-state index is 5.68. The van der Waals surface area contributed by atoms with E-state index in [4.69, 9.17) is 4.74 Å². The molecule has 1 N–H and O–H groups in total. The van der Waals surface area contributed by atoms with Crippen LogP contribution in [0.2, 0.25) is 0 Å². The van der Waals surface area contributed by atoms with Crippen LogP contribution in [0.3, 0.4) is 0 Å². The molecule has 2 nitrogen and oxygen atoms in total. The van der Waals surface area contributed by atoms with Crippen molar-refractivity contribution in [3.05, 3.63) is 29.8 Å². The van der Waals surface area contributed by atoms with Gasteiger partial charge in [0.25, 0.3) is 0 Å². The van der Waals surface area contributed by atoms with E-state index in [2.05, 4.69) is 71.1 Å². The Bertz CT molecular complexity index is 393. The van der Waals surface area contributed by atoms with Gasteiger partial charge in [0.1, 0.15) is 5.75 Å². The van der Waals surface area contributed by atoms with Gasteiger partial charge in [0.2, 0.25) is 0 Å². The van der Waals surface area contributed by atoms with E-state index in [0.717, 1.165) is 25.3 Å². The first kappa shape index (κ1) is 18.0. The van der Waals surface area contributed by atoms with E-state index < -0.39 is 0 Å². The summed E-state index contributed by atoms with van der Waals surface area (Å²) >= 11 is 0. The lowest BCUT2D eigenvalue weighted by atomic mass is 9.86. The highest BCUT2D eigenvalue weighted by atomic mass is 16.5. The number of hydrogen-bond acceptors (Lipinski definition) is 2. The molecule has 0 amide bonds. The van der Waals surface area contributed by atoms with Gasteiger partial charge in [-0.15, -0.1) is 0 Å². The fourth-order valence-electron chi connectivity index (χ4n) is 2.28. The van der Waals surface area contributed by atoms with E-state index in [1.54, 1.807) is 0 Å². The zero-order valence-electron chi connectivity index (χ0n) is 14.7. The zero-order chi connectivity index (χ0) is 15.9. The summed E-state index contributed by atoms with van der Waals surface area (Å²) in [7, 11) is 0. The maximum Gasteiger partial charge on any atom is 0.119 e. The van der Waals surface area contributed by atoms with Crippen LogP contribution in [0, 0.1) is 11.3 Å². The van der Waals surface area contributed by atoms with E-state index in [-0.39, 0.29) is 6.10 Å². The van der Waals surface area contributed by atoms with Crippen molar-refractivity contribution in [2.24, 2.45) is 11.3 Å². The van der Waals surface area contributed by atoms with Crippen LogP contribution in [0.5, 0.6) is 5.75 Å². The SMILES string of the molecule is CC(C)CNCC(C)(C)CCc1ccc(OC(C)C)cc1. The van der Waals surface area contributed by atoms with Crippen molar-refractivity contribution in [2.45, 2.75) is 60.5 Å². The quantitative estimate of drug-likeness (QED) is 0.713. The molecule has 0 aliphatic rings. The van der Waals surface area contributed by atoms with Crippen molar-refractivity contribution in [3.63, 3.8) is 0 Å². The molecule has 0 bridgehead atoms. The molecule has 1 aromatic carbocycles. The molecule has 0 aliphatic carbocycles. The van der Waals surface area contributed by atoms with Gasteiger partial charge in [-0.05, 0) is 62.3 Å². The second kappa shape index (κ2) is 8.43. The summed E-state index contributed by atoms with van der Waals surface area (Å²) in [5.74, 6) is 1.68. The molecule has 1 aromatic rings. The van der Waals surface area contributed by atoms with Gasteiger partial charge in [-0.2, -0.15) is 0 Å². The van der Waals surface area contributed by atoms with Gasteiger partial charge in [-0.1, -0.05) is 39.8 Å². The normalized spacial score (nSPS) is 12.2. The van der Waals surface area contributed by atoms with Crippen molar-refractivity contribution in [2.75, 3.05) is 13.1 Å². The van der Waals surface area contributed by atoms with Gasteiger partial charge in [0, 0.05) is 6.54 Å². The van der Waals surface area contributed by atoms with Crippen molar-refractivity contribution in [3.8, 4) is 5.75 Å². The molecule has 0 saturated heterocycles. The predicted octanol–water partition coefficient (Wildman–Crippen LogP) is 4.68. The smallest absolute Gasteiger partial charge is 0.119 e. The molecule has 21 heavy (non-hydrogen) atoms. The Kier molecular flexibility index (Phi) is 7.24. The minimum Gasteiger partial charge on any atom is -0.491 e. The molecule has 0 heterocycles. The Hall–Kier alpha value is -1.02. The molecule has 0 aromatic heterocycles. The molecule has 120 valence electrons. The Morgan fingerprint density at radius 2 is 1.67 bits per heavy atom. The standard InChI is InChI=1S/C19H33NO/c1-15(2)13-20-14-19(5,6)12-11-17-7-9-18(10-8-17)21-16(3)4/h7-10,15-16,20H,11-14H2,1-6H3. The first-order valence-electron chi connectivity index (χ1n) is 8.25. The molecule has 0 spiro atoms. The van der Waals surface area contributed by atoms with E-state index in [1.165, 1.54) is 12.0 Å². The van der Waals surface area contributed by atoms with Crippen molar-refractivity contribution >= 4 is 0 Å². The highest BCUT2D eigenvalue weighted by Crippen LogP contribution is 2.23. The van der Waals surface area contributed by atoms with E-state index in [0.29, 0.717) is 11.3 Å². The molecule has 0 atom stereocenters. The summed E-state index contributed by atoms with van der Waals surface area (Å²) in [5, 5.41) is 3.57. The van der Waals surface area contributed by atoms with Crippen LogP contribution in [-0.4, -0.2) is 19.2 Å². The number of hydrogen-bond donors (Lipinski definition) is 1. The van der Waals surface area contributed by atoms with Crippen LogP contribution >= 0.6 is 0 Å². The van der Waals surface area contributed by atoms with Crippen LogP contribution < -0.4 is 10.1 Å². The summed E-state index contributed by atoms with van der Waals surface area (Å²) in [6.07, 6.45) is 2.56. The number of aryl methyl sites for hydroxylation is 1. The highest BCUT2D eigenvalue weighted by Gasteiger charge is 2.17. The van der Waals surface area contributed by atoms with Crippen LogP contribution in [0.15, 0.2) is 24.3 Å². The van der Waals surface area contributed by atoms with Gasteiger partial charge in [0.05, 0.1) is 6.10 Å². The lowest BCUT2D eigenvalue weighted by molar-refractivity contribution is 0.242. The topological polar surface area (TPSA) is 21.3 Å². The Morgan fingerprint density at radius 1 is 1.05 bits per heavy atom. The molecule has 0 radical (unpaired) electrons. The molecule has 1 rings (SSSR count). The van der Waals surface area contributed by atoms with Crippen LogP contribution in [0.1, 0.15) is 53.5 Å². The van der Waals surface area contributed by atoms with Gasteiger partial charge in [0.15, 0.2) is 0 Å². The second-order valence-electron chi connectivity index (χ2n) is 7.50. The first-order chi connectivity index (χ1) is 9.78. The highest BCUT2D eigenvalue weighted by molar-refractivity contribution is 5.27. The van der Waals surface area contributed by atoms with Crippen molar-refractivity contribution in [1.29, 1.82) is 0 Å². The molecule has 0 saturated carbocycles. The summed E-state index contributed by atoms with van der Waals surface area (Å²) in [5.41, 5.74) is 1.73. The summed E-state index contributed by atoms with van der Waals surface area (Å²) in [6.45, 7) is 15.5. The largest absolute Gasteiger partial charge is 0.491 e. The third kappa shape index (κ3) is 8.11. The lowest BCUT2D eigenvalue weighted by Crippen LogP contribution is -2.32. The minimum absolute atomic E-state index is 0.238.